The van der Waals surface area contributed by atoms with Gasteiger partial charge in [-0.05, 0) is 28.1 Å². The fourth-order valence-corrected chi connectivity index (χ4v) is 1.96. The second-order valence-electron chi connectivity index (χ2n) is 2.87. The van der Waals surface area contributed by atoms with Crippen molar-refractivity contribution < 1.29 is 0 Å². The van der Waals surface area contributed by atoms with Crippen LogP contribution in [0.4, 0.5) is 0 Å². The molecular formula is C10H5Br2N3. The molecular weight excluding hydrogens is 322 g/mol. The summed E-state index contributed by atoms with van der Waals surface area (Å²) < 4.78 is 1.59. The number of imidazole rings is 1. The molecule has 1 heterocycles. The third kappa shape index (κ3) is 2.11. The number of nitrogens with zero attached hydrogens (tertiary/aromatic N) is 2. The first-order valence-electron chi connectivity index (χ1n) is 4.12. The molecule has 0 spiro atoms. The normalized spacial score (nSPS) is 9.93. The minimum Gasteiger partial charge on any atom is -0.332 e. The van der Waals surface area contributed by atoms with Crippen molar-refractivity contribution >= 4 is 31.9 Å². The fourth-order valence-electron chi connectivity index (χ4n) is 1.20. The van der Waals surface area contributed by atoms with Crippen molar-refractivity contribution in [2.45, 2.75) is 0 Å². The van der Waals surface area contributed by atoms with Gasteiger partial charge >= 0.3 is 0 Å². The molecule has 1 aromatic carbocycles. The maximum atomic E-state index is 8.76. The smallest absolute Gasteiger partial charge is 0.173 e. The highest BCUT2D eigenvalue weighted by Gasteiger charge is 2.08. The van der Waals surface area contributed by atoms with E-state index in [1.807, 2.05) is 30.3 Å². The fraction of sp³-hybridized carbons (Fsp3) is 0. The van der Waals surface area contributed by atoms with Crippen molar-refractivity contribution in [2.24, 2.45) is 0 Å². The molecule has 0 saturated carbocycles. The highest BCUT2D eigenvalue weighted by molar-refractivity contribution is 9.10. The molecule has 0 aliphatic rings. The average Bonchev–Trinajstić information content (AvgIpc) is 2.60. The SMILES string of the molecule is N#Cc1nc(-c2cccc(Br)c2)[nH]c1Br. The lowest BCUT2D eigenvalue weighted by molar-refractivity contribution is 1.29. The van der Waals surface area contributed by atoms with Gasteiger partial charge in [-0.2, -0.15) is 5.26 Å². The lowest BCUT2D eigenvalue weighted by Gasteiger charge is -1.96. The molecule has 1 N–H and O–H groups in total. The van der Waals surface area contributed by atoms with Crippen LogP contribution in [-0.2, 0) is 0 Å². The summed E-state index contributed by atoms with van der Waals surface area (Å²) in [6.07, 6.45) is 0. The number of nitrogens with one attached hydrogen (secondary N) is 1. The van der Waals surface area contributed by atoms with Crippen LogP contribution in [0.1, 0.15) is 5.69 Å². The quantitative estimate of drug-likeness (QED) is 0.872. The molecule has 0 amide bonds. The number of benzene rings is 1. The second kappa shape index (κ2) is 4.17. The number of hydrogen-bond donors (Lipinski definition) is 1. The zero-order chi connectivity index (χ0) is 10.8. The van der Waals surface area contributed by atoms with Crippen molar-refractivity contribution in [1.29, 1.82) is 5.26 Å². The third-order valence-corrected chi connectivity index (χ3v) is 2.93. The van der Waals surface area contributed by atoms with Gasteiger partial charge in [0.05, 0.1) is 0 Å². The molecule has 0 atom stereocenters. The summed E-state index contributed by atoms with van der Waals surface area (Å²) in [5.41, 5.74) is 1.30. The van der Waals surface area contributed by atoms with Gasteiger partial charge in [-0.15, -0.1) is 0 Å². The van der Waals surface area contributed by atoms with Crippen LogP contribution in [-0.4, -0.2) is 9.97 Å². The Morgan fingerprint density at radius 2 is 2.13 bits per heavy atom. The van der Waals surface area contributed by atoms with E-state index in [-0.39, 0.29) is 0 Å². The highest BCUT2D eigenvalue weighted by atomic mass is 79.9. The van der Waals surface area contributed by atoms with Gasteiger partial charge in [0.15, 0.2) is 5.69 Å². The molecule has 2 aromatic rings. The summed E-state index contributed by atoms with van der Waals surface area (Å²) in [5, 5.41) is 8.76. The van der Waals surface area contributed by atoms with Crippen molar-refractivity contribution in [3.8, 4) is 17.5 Å². The van der Waals surface area contributed by atoms with Crippen molar-refractivity contribution in [3.63, 3.8) is 0 Å². The maximum Gasteiger partial charge on any atom is 0.173 e. The minimum atomic E-state index is 0.366. The summed E-state index contributed by atoms with van der Waals surface area (Å²) in [6.45, 7) is 0. The van der Waals surface area contributed by atoms with Crippen LogP contribution in [0, 0.1) is 11.3 Å². The van der Waals surface area contributed by atoms with E-state index < -0.39 is 0 Å². The minimum absolute atomic E-state index is 0.366. The predicted molar refractivity (Wildman–Crippen MR) is 64.1 cm³/mol. The molecule has 0 fully saturated rings. The van der Waals surface area contributed by atoms with Crippen LogP contribution in [0.25, 0.3) is 11.4 Å². The first-order chi connectivity index (χ1) is 7.20. The lowest BCUT2D eigenvalue weighted by atomic mass is 10.2. The molecule has 1 aromatic heterocycles. The van der Waals surface area contributed by atoms with Crippen molar-refractivity contribution in [3.05, 3.63) is 39.0 Å². The van der Waals surface area contributed by atoms with E-state index >= 15 is 0 Å². The molecule has 3 nitrogen and oxygen atoms in total. The topological polar surface area (TPSA) is 52.5 Å². The Balaban J connectivity index is 2.51. The summed E-state index contributed by atoms with van der Waals surface area (Å²) in [4.78, 5) is 7.16. The Kier molecular flexibility index (Phi) is 2.89. The van der Waals surface area contributed by atoms with E-state index in [1.54, 1.807) is 0 Å². The Labute approximate surface area is 103 Å². The molecule has 15 heavy (non-hydrogen) atoms. The molecule has 0 bridgehead atoms. The molecule has 0 unspecified atom stereocenters. The van der Waals surface area contributed by atoms with Gasteiger partial charge < -0.3 is 4.98 Å². The molecule has 74 valence electrons. The average molecular weight is 327 g/mol. The van der Waals surface area contributed by atoms with E-state index in [4.69, 9.17) is 5.26 Å². The summed E-state index contributed by atoms with van der Waals surface area (Å²) in [5.74, 6) is 0.680. The maximum absolute atomic E-state index is 8.76. The largest absolute Gasteiger partial charge is 0.332 e. The zero-order valence-electron chi connectivity index (χ0n) is 7.46. The number of nitriles is 1. The van der Waals surface area contributed by atoms with Crippen LogP contribution >= 0.6 is 31.9 Å². The number of hydrogen-bond acceptors (Lipinski definition) is 2. The standard InChI is InChI=1S/C10H5Br2N3/c11-7-3-1-2-6(4-7)10-14-8(5-13)9(12)15-10/h1-4H,(H,14,15). The van der Waals surface area contributed by atoms with Gasteiger partial charge in [-0.3, -0.25) is 0 Å². The van der Waals surface area contributed by atoms with Crippen molar-refractivity contribution in [1.82, 2.24) is 9.97 Å². The molecule has 0 radical (unpaired) electrons. The number of aromatic nitrogens is 2. The number of H-pyrrole nitrogens is 1. The van der Waals surface area contributed by atoms with Crippen LogP contribution in [0.15, 0.2) is 33.3 Å². The van der Waals surface area contributed by atoms with Crippen LogP contribution in [0.3, 0.4) is 0 Å². The van der Waals surface area contributed by atoms with E-state index in [0.29, 0.717) is 16.1 Å². The third-order valence-electron chi connectivity index (χ3n) is 1.86. The highest BCUT2D eigenvalue weighted by Crippen LogP contribution is 2.23. The molecule has 2 rings (SSSR count). The lowest BCUT2D eigenvalue weighted by Crippen LogP contribution is -1.80. The first kappa shape index (κ1) is 10.4. The molecule has 0 aliphatic carbocycles. The number of rotatable bonds is 1. The van der Waals surface area contributed by atoms with E-state index in [2.05, 4.69) is 41.8 Å². The Morgan fingerprint density at radius 1 is 1.33 bits per heavy atom. The van der Waals surface area contributed by atoms with Crippen LogP contribution in [0.5, 0.6) is 0 Å². The summed E-state index contributed by atoms with van der Waals surface area (Å²) in [6, 6.07) is 9.72. The van der Waals surface area contributed by atoms with Crippen molar-refractivity contribution in [2.75, 3.05) is 0 Å². The second-order valence-corrected chi connectivity index (χ2v) is 4.58. The van der Waals surface area contributed by atoms with Gasteiger partial charge in [0.25, 0.3) is 0 Å². The van der Waals surface area contributed by atoms with E-state index in [0.717, 1.165) is 10.0 Å². The Morgan fingerprint density at radius 3 is 2.73 bits per heavy atom. The van der Waals surface area contributed by atoms with Crippen LogP contribution in [0.2, 0.25) is 0 Å². The number of halogens is 2. The van der Waals surface area contributed by atoms with Gasteiger partial charge in [0.2, 0.25) is 0 Å². The van der Waals surface area contributed by atoms with Gasteiger partial charge in [-0.25, -0.2) is 4.98 Å². The van der Waals surface area contributed by atoms with E-state index in [1.165, 1.54) is 0 Å². The Hall–Kier alpha value is -1.12. The van der Waals surface area contributed by atoms with Gasteiger partial charge in [0.1, 0.15) is 16.5 Å². The molecule has 0 aliphatic heterocycles. The zero-order valence-corrected chi connectivity index (χ0v) is 10.6. The van der Waals surface area contributed by atoms with E-state index in [9.17, 15) is 0 Å². The monoisotopic (exact) mass is 325 g/mol. The summed E-state index contributed by atoms with van der Waals surface area (Å²) in [7, 11) is 0. The predicted octanol–water partition coefficient (Wildman–Crippen LogP) is 3.47. The first-order valence-corrected chi connectivity index (χ1v) is 5.71. The molecule has 0 saturated heterocycles. The Bertz CT molecular complexity index is 540. The molecule has 5 heteroatoms. The van der Waals surface area contributed by atoms with Crippen LogP contribution < -0.4 is 0 Å². The summed E-state index contributed by atoms with van der Waals surface area (Å²) >= 11 is 6.62. The number of aromatic amines is 1. The van der Waals surface area contributed by atoms with Gasteiger partial charge in [-0.1, -0.05) is 28.1 Å². The van der Waals surface area contributed by atoms with Gasteiger partial charge in [0, 0.05) is 10.0 Å².